The summed E-state index contributed by atoms with van der Waals surface area (Å²) in [6.07, 6.45) is -2.37. The highest BCUT2D eigenvalue weighted by molar-refractivity contribution is 5.97. The molecule has 2 aromatic rings. The zero-order valence-corrected chi connectivity index (χ0v) is 18.3. The van der Waals surface area contributed by atoms with Crippen LogP contribution in [0.5, 0.6) is 0 Å². The van der Waals surface area contributed by atoms with Crippen LogP contribution in [0.25, 0.3) is 0 Å². The third kappa shape index (κ3) is 8.74. The number of nitrogens with one attached hydrogen (secondary N) is 2. The summed E-state index contributed by atoms with van der Waals surface area (Å²) in [5.74, 6) is 10.2. The van der Waals surface area contributed by atoms with Crippen molar-refractivity contribution in [3.8, 4) is 23.7 Å². The van der Waals surface area contributed by atoms with Gasteiger partial charge in [0.05, 0.1) is 13.7 Å². The number of carbonyl (C=O) groups excluding carboxylic acids is 2. The molecule has 0 aromatic heterocycles. The summed E-state index contributed by atoms with van der Waals surface area (Å²) in [4.78, 5) is 24.1. The first-order valence-electron chi connectivity index (χ1n) is 10.1. The minimum Gasteiger partial charge on any atom is -0.467 e. The Kier molecular flexibility index (Phi) is 10.0. The van der Waals surface area contributed by atoms with Crippen LogP contribution in [0.1, 0.15) is 34.0 Å². The van der Waals surface area contributed by atoms with Crippen LogP contribution in [0.4, 0.5) is 8.78 Å². The van der Waals surface area contributed by atoms with Gasteiger partial charge in [-0.25, -0.2) is 13.6 Å². The van der Waals surface area contributed by atoms with Crippen molar-refractivity contribution in [3.05, 3.63) is 70.8 Å². The molecule has 33 heavy (non-hydrogen) atoms. The van der Waals surface area contributed by atoms with Gasteiger partial charge in [0.1, 0.15) is 6.04 Å². The van der Waals surface area contributed by atoms with E-state index in [4.69, 9.17) is 5.73 Å². The topological polar surface area (TPSA) is 93.4 Å². The molecule has 0 aliphatic rings. The molecule has 172 valence electrons. The van der Waals surface area contributed by atoms with Gasteiger partial charge < -0.3 is 21.1 Å². The molecule has 2 atom stereocenters. The second-order valence-corrected chi connectivity index (χ2v) is 7.13. The molecule has 1 amide bonds. The minimum absolute atomic E-state index is 0.344. The van der Waals surface area contributed by atoms with Crippen molar-refractivity contribution < 1.29 is 23.1 Å². The Labute approximate surface area is 191 Å². The van der Waals surface area contributed by atoms with Crippen LogP contribution in [0.15, 0.2) is 48.5 Å². The molecular weight excluding hydrogens is 428 g/mol. The first-order valence-corrected chi connectivity index (χ1v) is 10.1. The summed E-state index contributed by atoms with van der Waals surface area (Å²) in [6, 6.07) is 12.2. The van der Waals surface area contributed by atoms with Crippen molar-refractivity contribution in [2.75, 3.05) is 13.7 Å². The van der Waals surface area contributed by atoms with Crippen LogP contribution in [-0.4, -0.2) is 44.0 Å². The average molecular weight is 453 g/mol. The molecule has 0 spiro atoms. The van der Waals surface area contributed by atoms with E-state index in [0.717, 1.165) is 11.1 Å². The Balaban J connectivity index is 1.94. The Morgan fingerprint density at radius 2 is 1.55 bits per heavy atom. The number of amides is 1. The van der Waals surface area contributed by atoms with Crippen molar-refractivity contribution in [3.63, 3.8) is 0 Å². The zero-order valence-electron chi connectivity index (χ0n) is 18.3. The quantitative estimate of drug-likeness (QED) is 0.420. The minimum atomic E-state index is -2.37. The van der Waals surface area contributed by atoms with Crippen molar-refractivity contribution in [1.82, 2.24) is 10.6 Å². The van der Waals surface area contributed by atoms with E-state index in [-0.39, 0.29) is 6.54 Å². The van der Waals surface area contributed by atoms with Gasteiger partial charge in [0, 0.05) is 29.3 Å². The highest BCUT2D eigenvalue weighted by Crippen LogP contribution is 2.06. The first-order chi connectivity index (χ1) is 15.8. The molecule has 0 radical (unpaired) electrons. The molecule has 0 heterocycles. The van der Waals surface area contributed by atoms with E-state index >= 15 is 0 Å². The number of ether oxygens (including phenoxy) is 1. The van der Waals surface area contributed by atoms with Gasteiger partial charge in [0.25, 0.3) is 12.3 Å². The van der Waals surface area contributed by atoms with Gasteiger partial charge in [-0.15, -0.1) is 0 Å². The number of hydrogen-bond acceptors (Lipinski definition) is 5. The van der Waals surface area contributed by atoms with Crippen molar-refractivity contribution in [1.29, 1.82) is 0 Å². The van der Waals surface area contributed by atoms with Crippen LogP contribution in [0.2, 0.25) is 0 Å². The monoisotopic (exact) mass is 453 g/mol. The molecule has 0 saturated heterocycles. The van der Waals surface area contributed by atoms with Crippen molar-refractivity contribution >= 4 is 11.9 Å². The van der Waals surface area contributed by atoms with Crippen LogP contribution in [-0.2, 0) is 16.1 Å². The van der Waals surface area contributed by atoms with Crippen LogP contribution in [0, 0.1) is 23.7 Å². The maximum absolute atomic E-state index is 12.4. The molecule has 8 heteroatoms. The average Bonchev–Trinajstić information content (AvgIpc) is 2.80. The summed E-state index contributed by atoms with van der Waals surface area (Å²) in [5, 5.41) is 5.22. The molecule has 0 unspecified atom stereocenters. The summed E-state index contributed by atoms with van der Waals surface area (Å²) in [7, 11) is 1.23. The molecule has 0 aliphatic carbocycles. The number of benzene rings is 2. The highest BCUT2D eigenvalue weighted by atomic mass is 19.3. The molecule has 0 bridgehead atoms. The predicted octanol–water partition coefficient (Wildman–Crippen LogP) is 2.06. The number of carbonyl (C=O) groups is 2. The van der Waals surface area contributed by atoms with Gasteiger partial charge in [-0.3, -0.25) is 4.79 Å². The smallest absolute Gasteiger partial charge is 0.329 e. The Morgan fingerprint density at radius 1 is 1.00 bits per heavy atom. The van der Waals surface area contributed by atoms with Gasteiger partial charge in [0.15, 0.2) is 0 Å². The summed E-state index contributed by atoms with van der Waals surface area (Å²) >= 11 is 0. The van der Waals surface area contributed by atoms with Crippen molar-refractivity contribution in [2.45, 2.75) is 32.0 Å². The Bertz CT molecular complexity index is 1060. The second-order valence-electron chi connectivity index (χ2n) is 7.13. The molecular formula is C25H25F2N3O3. The first kappa shape index (κ1) is 25.5. The van der Waals surface area contributed by atoms with Gasteiger partial charge in [0.2, 0.25) is 0 Å². The maximum atomic E-state index is 12.4. The standard InChI is InChI=1S/C25H25F2N3O3/c1-17(28)23(25(32)33-2)30-24(31)21-13-11-19(12-14-21)6-4-3-5-18-7-9-20(10-8-18)15-29-16-22(26)27/h7-14,17,22-23,29H,15-16,28H2,1-2H3,(H,30,31)/t17-,23+/m1/s1. The lowest BCUT2D eigenvalue weighted by atomic mass is 10.1. The van der Waals surface area contributed by atoms with Crippen LogP contribution >= 0.6 is 0 Å². The Morgan fingerprint density at radius 3 is 2.03 bits per heavy atom. The van der Waals surface area contributed by atoms with E-state index in [1.165, 1.54) is 7.11 Å². The zero-order chi connectivity index (χ0) is 24.2. The summed E-state index contributed by atoms with van der Waals surface area (Å²) < 4.78 is 28.9. The van der Waals surface area contributed by atoms with Crippen LogP contribution < -0.4 is 16.4 Å². The number of esters is 1. The molecule has 2 rings (SSSR count). The largest absolute Gasteiger partial charge is 0.467 e. The summed E-state index contributed by atoms with van der Waals surface area (Å²) in [5.41, 5.74) is 8.39. The van der Waals surface area contributed by atoms with Gasteiger partial charge in [-0.1, -0.05) is 24.0 Å². The molecule has 2 aromatic carbocycles. The van der Waals surface area contributed by atoms with Gasteiger partial charge >= 0.3 is 5.97 Å². The molecule has 6 nitrogen and oxygen atoms in total. The van der Waals surface area contributed by atoms with E-state index in [2.05, 4.69) is 39.1 Å². The molecule has 0 fully saturated rings. The number of rotatable bonds is 8. The second kappa shape index (κ2) is 13.0. The predicted molar refractivity (Wildman–Crippen MR) is 121 cm³/mol. The van der Waals surface area contributed by atoms with Crippen LogP contribution in [0.3, 0.4) is 0 Å². The lowest BCUT2D eigenvalue weighted by Gasteiger charge is -2.19. The van der Waals surface area contributed by atoms with E-state index in [1.807, 2.05) is 12.1 Å². The summed E-state index contributed by atoms with van der Waals surface area (Å²) in [6.45, 7) is 1.62. The molecule has 4 N–H and O–H groups in total. The normalized spacial score (nSPS) is 11.9. The maximum Gasteiger partial charge on any atom is 0.329 e. The molecule has 0 saturated carbocycles. The van der Waals surface area contributed by atoms with E-state index in [9.17, 15) is 18.4 Å². The third-order valence-electron chi connectivity index (χ3n) is 4.47. The fraction of sp³-hybridized carbons (Fsp3) is 0.280. The fourth-order valence-corrected chi connectivity index (χ4v) is 2.70. The van der Waals surface area contributed by atoms with E-state index in [0.29, 0.717) is 17.7 Å². The number of halogens is 2. The highest BCUT2D eigenvalue weighted by Gasteiger charge is 2.25. The number of nitrogens with two attached hydrogens (primary N) is 1. The third-order valence-corrected chi connectivity index (χ3v) is 4.47. The van der Waals surface area contributed by atoms with Gasteiger partial charge in [-0.2, -0.15) is 0 Å². The SMILES string of the molecule is COC(=O)[C@@H](NC(=O)c1ccc(C#CC#Cc2ccc(CNCC(F)F)cc2)cc1)[C@@H](C)N. The molecule has 0 aliphatic heterocycles. The lowest BCUT2D eigenvalue weighted by Crippen LogP contribution is -2.51. The number of hydrogen-bond donors (Lipinski definition) is 3. The van der Waals surface area contributed by atoms with E-state index < -0.39 is 30.4 Å². The Hall–Kier alpha value is -3.72. The lowest BCUT2D eigenvalue weighted by molar-refractivity contribution is -0.143. The fourth-order valence-electron chi connectivity index (χ4n) is 2.70. The number of methoxy groups -OCH3 is 1. The van der Waals surface area contributed by atoms with E-state index in [1.54, 1.807) is 43.3 Å². The van der Waals surface area contributed by atoms with Gasteiger partial charge in [-0.05, 0) is 60.7 Å². The van der Waals surface area contributed by atoms with Crippen molar-refractivity contribution in [2.24, 2.45) is 5.73 Å². The number of alkyl halides is 2.